The fourth-order valence-corrected chi connectivity index (χ4v) is 2.53. The van der Waals surface area contributed by atoms with Gasteiger partial charge in [0.25, 0.3) is 0 Å². The molecule has 1 aliphatic rings. The molecule has 0 aromatic heterocycles. The maximum atomic E-state index is 12.5. The molecular weight excluding hydrogens is 262 g/mol. The molecule has 0 aliphatic carbocycles. The minimum Gasteiger partial charge on any atom is -0.493 e. The van der Waals surface area contributed by atoms with E-state index in [1.807, 2.05) is 42.5 Å². The molecule has 0 saturated heterocycles. The van der Waals surface area contributed by atoms with Crippen LogP contribution in [-0.2, 0) is 4.79 Å². The molecule has 1 atom stereocenters. The number of carbonyl (C=O) groups excluding carboxylic acids is 1. The monoisotopic (exact) mass is 277 g/mol. The molecule has 2 aromatic rings. The summed E-state index contributed by atoms with van der Waals surface area (Å²) >= 11 is 0. The molecule has 104 valence electrons. The first-order valence-corrected chi connectivity index (χ1v) is 6.87. The number of benzene rings is 2. The van der Waals surface area contributed by atoms with Crippen molar-refractivity contribution in [2.75, 3.05) is 11.9 Å². The summed E-state index contributed by atoms with van der Waals surface area (Å²) in [4.78, 5) is 12.5. The van der Waals surface area contributed by atoms with Crippen LogP contribution < -0.4 is 10.1 Å². The van der Waals surface area contributed by atoms with Crippen molar-refractivity contribution in [3.8, 4) is 18.1 Å². The highest BCUT2D eigenvalue weighted by Crippen LogP contribution is 2.34. The third-order valence-corrected chi connectivity index (χ3v) is 3.57. The Bertz CT molecular complexity index is 715. The van der Waals surface area contributed by atoms with Crippen molar-refractivity contribution in [3.05, 3.63) is 59.7 Å². The highest BCUT2D eigenvalue weighted by molar-refractivity contribution is 5.96. The first kappa shape index (κ1) is 13.3. The van der Waals surface area contributed by atoms with Crippen molar-refractivity contribution in [2.45, 2.75) is 12.3 Å². The second-order valence-corrected chi connectivity index (χ2v) is 4.94. The average molecular weight is 277 g/mol. The Hall–Kier alpha value is -2.73. The van der Waals surface area contributed by atoms with Crippen LogP contribution in [0, 0.1) is 12.3 Å². The van der Waals surface area contributed by atoms with Gasteiger partial charge in [0.05, 0.1) is 12.5 Å². The van der Waals surface area contributed by atoms with Crippen molar-refractivity contribution >= 4 is 11.6 Å². The molecule has 21 heavy (non-hydrogen) atoms. The molecule has 3 rings (SSSR count). The Morgan fingerprint density at radius 1 is 1.24 bits per heavy atom. The molecule has 3 nitrogen and oxygen atoms in total. The summed E-state index contributed by atoms with van der Waals surface area (Å²) in [5, 5.41) is 2.94. The van der Waals surface area contributed by atoms with Gasteiger partial charge in [0, 0.05) is 16.8 Å². The molecule has 1 N–H and O–H groups in total. The standard InChI is InChI=1S/C18H15NO2/c1-2-13-6-5-7-14(12-13)19-18(20)16-10-11-21-17-9-4-3-8-15(16)17/h1,3-9,12,16H,10-11H2,(H,19,20). The van der Waals surface area contributed by atoms with Crippen molar-refractivity contribution in [2.24, 2.45) is 0 Å². The van der Waals surface area contributed by atoms with Crippen molar-refractivity contribution in [1.29, 1.82) is 0 Å². The fraction of sp³-hybridized carbons (Fsp3) is 0.167. The zero-order valence-electron chi connectivity index (χ0n) is 11.5. The van der Waals surface area contributed by atoms with E-state index in [9.17, 15) is 4.79 Å². The summed E-state index contributed by atoms with van der Waals surface area (Å²) in [6, 6.07) is 15.0. The van der Waals surface area contributed by atoms with Gasteiger partial charge in [-0.15, -0.1) is 6.42 Å². The third-order valence-electron chi connectivity index (χ3n) is 3.57. The number of hydrogen-bond acceptors (Lipinski definition) is 2. The number of hydrogen-bond donors (Lipinski definition) is 1. The zero-order valence-corrected chi connectivity index (χ0v) is 11.5. The Morgan fingerprint density at radius 2 is 2.10 bits per heavy atom. The van der Waals surface area contributed by atoms with E-state index in [0.717, 1.165) is 22.6 Å². The van der Waals surface area contributed by atoms with Crippen molar-refractivity contribution in [1.82, 2.24) is 0 Å². The Kier molecular flexibility index (Phi) is 3.61. The van der Waals surface area contributed by atoms with Crippen LogP contribution in [0.4, 0.5) is 5.69 Å². The lowest BCUT2D eigenvalue weighted by Crippen LogP contribution is -2.26. The number of para-hydroxylation sites is 1. The van der Waals surface area contributed by atoms with Gasteiger partial charge in [-0.25, -0.2) is 0 Å². The van der Waals surface area contributed by atoms with Gasteiger partial charge in [-0.3, -0.25) is 4.79 Å². The fourth-order valence-electron chi connectivity index (χ4n) is 2.53. The van der Waals surface area contributed by atoms with Gasteiger partial charge < -0.3 is 10.1 Å². The Balaban J connectivity index is 1.82. The molecule has 0 fully saturated rings. The predicted molar refractivity (Wildman–Crippen MR) is 82.3 cm³/mol. The number of terminal acetylenes is 1. The summed E-state index contributed by atoms with van der Waals surface area (Å²) in [5.74, 6) is 3.14. The van der Waals surface area contributed by atoms with Gasteiger partial charge in [0.2, 0.25) is 5.91 Å². The lowest BCUT2D eigenvalue weighted by molar-refractivity contribution is -0.118. The van der Waals surface area contributed by atoms with Gasteiger partial charge >= 0.3 is 0 Å². The van der Waals surface area contributed by atoms with Gasteiger partial charge in [0.15, 0.2) is 0 Å². The smallest absolute Gasteiger partial charge is 0.232 e. The summed E-state index contributed by atoms with van der Waals surface area (Å²) in [7, 11) is 0. The van der Waals surface area contributed by atoms with Crippen LogP contribution in [0.25, 0.3) is 0 Å². The van der Waals surface area contributed by atoms with Crippen molar-refractivity contribution in [3.63, 3.8) is 0 Å². The number of amides is 1. The van der Waals surface area contributed by atoms with Crippen LogP contribution in [0.5, 0.6) is 5.75 Å². The van der Waals surface area contributed by atoms with E-state index in [2.05, 4.69) is 11.2 Å². The molecule has 0 radical (unpaired) electrons. The van der Waals surface area contributed by atoms with E-state index in [4.69, 9.17) is 11.2 Å². The van der Waals surface area contributed by atoms with E-state index in [1.165, 1.54) is 0 Å². The Morgan fingerprint density at radius 3 is 2.95 bits per heavy atom. The van der Waals surface area contributed by atoms with Crippen LogP contribution in [0.2, 0.25) is 0 Å². The summed E-state index contributed by atoms with van der Waals surface area (Å²) in [5.41, 5.74) is 2.41. The molecule has 1 aliphatic heterocycles. The van der Waals surface area contributed by atoms with E-state index in [-0.39, 0.29) is 11.8 Å². The predicted octanol–water partition coefficient (Wildman–Crippen LogP) is 3.17. The number of fused-ring (bicyclic) bond motifs is 1. The second kappa shape index (κ2) is 5.72. The van der Waals surface area contributed by atoms with Crippen LogP contribution in [0.3, 0.4) is 0 Å². The molecule has 0 spiro atoms. The van der Waals surface area contributed by atoms with E-state index < -0.39 is 0 Å². The summed E-state index contributed by atoms with van der Waals surface area (Å²) in [6.45, 7) is 0.555. The first-order valence-electron chi connectivity index (χ1n) is 6.87. The van der Waals surface area contributed by atoms with E-state index in [0.29, 0.717) is 13.0 Å². The van der Waals surface area contributed by atoms with Crippen LogP contribution in [0.1, 0.15) is 23.5 Å². The minimum absolute atomic E-state index is 0.0279. The van der Waals surface area contributed by atoms with E-state index in [1.54, 1.807) is 6.07 Å². The van der Waals surface area contributed by atoms with Crippen LogP contribution >= 0.6 is 0 Å². The molecule has 1 unspecified atom stereocenters. The summed E-state index contributed by atoms with van der Waals surface area (Å²) < 4.78 is 5.58. The topological polar surface area (TPSA) is 38.3 Å². The average Bonchev–Trinajstić information content (AvgIpc) is 2.54. The van der Waals surface area contributed by atoms with Crippen LogP contribution in [-0.4, -0.2) is 12.5 Å². The molecular formula is C18H15NO2. The van der Waals surface area contributed by atoms with Crippen molar-refractivity contribution < 1.29 is 9.53 Å². The molecule has 3 heteroatoms. The maximum Gasteiger partial charge on any atom is 0.232 e. The quantitative estimate of drug-likeness (QED) is 0.856. The van der Waals surface area contributed by atoms with Gasteiger partial charge in [-0.2, -0.15) is 0 Å². The Labute approximate surface area is 123 Å². The lowest BCUT2D eigenvalue weighted by atomic mass is 9.92. The number of nitrogens with one attached hydrogen (secondary N) is 1. The number of anilines is 1. The number of carbonyl (C=O) groups is 1. The summed E-state index contributed by atoms with van der Waals surface area (Å²) in [6.07, 6.45) is 6.05. The largest absolute Gasteiger partial charge is 0.493 e. The molecule has 1 heterocycles. The normalized spacial score (nSPS) is 16.2. The van der Waals surface area contributed by atoms with Gasteiger partial charge in [-0.1, -0.05) is 30.2 Å². The van der Waals surface area contributed by atoms with Gasteiger partial charge in [0.1, 0.15) is 5.75 Å². The second-order valence-electron chi connectivity index (χ2n) is 4.94. The number of rotatable bonds is 2. The third kappa shape index (κ3) is 2.75. The van der Waals surface area contributed by atoms with Crippen LogP contribution in [0.15, 0.2) is 48.5 Å². The minimum atomic E-state index is -0.190. The molecule has 1 amide bonds. The van der Waals surface area contributed by atoms with E-state index >= 15 is 0 Å². The molecule has 0 saturated carbocycles. The lowest BCUT2D eigenvalue weighted by Gasteiger charge is -2.25. The molecule has 2 aromatic carbocycles. The SMILES string of the molecule is C#Cc1cccc(NC(=O)C2CCOc3ccccc32)c1. The maximum absolute atomic E-state index is 12.5. The highest BCUT2D eigenvalue weighted by Gasteiger charge is 2.27. The highest BCUT2D eigenvalue weighted by atomic mass is 16.5. The first-order chi connectivity index (χ1) is 10.3. The number of ether oxygens (including phenoxy) is 1. The molecule has 0 bridgehead atoms. The van der Waals surface area contributed by atoms with Gasteiger partial charge in [-0.05, 0) is 30.7 Å². The zero-order chi connectivity index (χ0) is 14.7.